The molecule has 0 atom stereocenters. The van der Waals surface area contributed by atoms with E-state index in [1.165, 1.54) is 0 Å². The lowest BCUT2D eigenvalue weighted by atomic mass is 10.1. The van der Waals surface area contributed by atoms with Crippen molar-refractivity contribution in [2.24, 2.45) is 0 Å². The predicted octanol–water partition coefficient (Wildman–Crippen LogP) is 2.89. The van der Waals surface area contributed by atoms with Gasteiger partial charge in [-0.1, -0.05) is 30.0 Å². The molecule has 0 fully saturated rings. The summed E-state index contributed by atoms with van der Waals surface area (Å²) < 4.78 is 7.42. The van der Waals surface area contributed by atoms with Crippen LogP contribution in [0.1, 0.15) is 6.92 Å². The van der Waals surface area contributed by atoms with Crippen molar-refractivity contribution in [3.63, 3.8) is 0 Å². The molecule has 0 aliphatic carbocycles. The summed E-state index contributed by atoms with van der Waals surface area (Å²) in [6.45, 7) is 2.63. The number of nitrogens with zero attached hydrogens (tertiary/aromatic N) is 3. The Kier molecular flexibility index (Phi) is 3.66. The van der Waals surface area contributed by atoms with Gasteiger partial charge < -0.3 is 14.1 Å². The molecule has 0 unspecified atom stereocenters. The van der Waals surface area contributed by atoms with Crippen molar-refractivity contribution >= 4 is 28.7 Å². The van der Waals surface area contributed by atoms with E-state index < -0.39 is 5.97 Å². The molecular formula is C14H13N3O3S. The van der Waals surface area contributed by atoms with Crippen molar-refractivity contribution in [3.8, 4) is 11.4 Å². The summed E-state index contributed by atoms with van der Waals surface area (Å²) in [5.74, 6) is -0.221. The third-order valence-corrected chi connectivity index (χ3v) is 4.03. The van der Waals surface area contributed by atoms with Gasteiger partial charge in [0.1, 0.15) is 11.8 Å². The van der Waals surface area contributed by atoms with Crippen molar-refractivity contribution in [1.29, 1.82) is 0 Å². The predicted molar refractivity (Wildman–Crippen MR) is 79.3 cm³/mol. The standard InChI is InChI=1S/C14H13N3O3S/c1-2-17-13(15-16-14(17)21-8-12(18)19)10-7-20-11-6-4-3-5-9(10)11/h3-7H,2,8H2,1H3,(H,18,19). The third-order valence-electron chi connectivity index (χ3n) is 3.08. The molecule has 0 aliphatic heterocycles. The number of fused-ring (bicyclic) bond motifs is 1. The molecule has 21 heavy (non-hydrogen) atoms. The zero-order valence-corrected chi connectivity index (χ0v) is 12.1. The highest BCUT2D eigenvalue weighted by atomic mass is 32.2. The average Bonchev–Trinajstić information content (AvgIpc) is 3.08. The molecule has 2 aromatic heterocycles. The van der Waals surface area contributed by atoms with Crippen molar-refractivity contribution in [2.45, 2.75) is 18.6 Å². The average molecular weight is 303 g/mol. The smallest absolute Gasteiger partial charge is 0.313 e. The number of para-hydroxylation sites is 1. The van der Waals surface area contributed by atoms with Gasteiger partial charge in [-0.25, -0.2) is 0 Å². The second kappa shape index (κ2) is 5.61. The van der Waals surface area contributed by atoms with Crippen molar-refractivity contribution in [3.05, 3.63) is 30.5 Å². The van der Waals surface area contributed by atoms with Crippen LogP contribution in [0.5, 0.6) is 0 Å². The largest absolute Gasteiger partial charge is 0.481 e. The van der Waals surface area contributed by atoms with Gasteiger partial charge in [-0.05, 0) is 13.0 Å². The first-order chi connectivity index (χ1) is 10.2. The SMILES string of the molecule is CCn1c(SCC(=O)O)nnc1-c1coc2ccccc12. The molecule has 3 rings (SSSR count). The normalized spacial score (nSPS) is 11.1. The van der Waals surface area contributed by atoms with Crippen LogP contribution in [-0.2, 0) is 11.3 Å². The van der Waals surface area contributed by atoms with E-state index in [2.05, 4.69) is 10.2 Å². The minimum absolute atomic E-state index is 0.0374. The number of aromatic nitrogens is 3. The van der Waals surface area contributed by atoms with Gasteiger partial charge >= 0.3 is 5.97 Å². The van der Waals surface area contributed by atoms with Gasteiger partial charge in [0.2, 0.25) is 0 Å². The van der Waals surface area contributed by atoms with Gasteiger partial charge in [0.25, 0.3) is 0 Å². The molecule has 2 heterocycles. The highest BCUT2D eigenvalue weighted by molar-refractivity contribution is 7.99. The number of rotatable bonds is 5. The molecule has 0 saturated heterocycles. The molecule has 0 amide bonds. The Morgan fingerprint density at radius 1 is 1.38 bits per heavy atom. The molecular weight excluding hydrogens is 290 g/mol. The second-order valence-electron chi connectivity index (χ2n) is 4.38. The fourth-order valence-electron chi connectivity index (χ4n) is 2.16. The molecule has 1 aromatic carbocycles. The van der Waals surface area contributed by atoms with Gasteiger partial charge in [0.15, 0.2) is 11.0 Å². The van der Waals surface area contributed by atoms with E-state index in [4.69, 9.17) is 9.52 Å². The molecule has 0 bridgehead atoms. The second-order valence-corrected chi connectivity index (χ2v) is 5.32. The topological polar surface area (TPSA) is 81.2 Å². The first-order valence-corrected chi connectivity index (χ1v) is 7.43. The van der Waals surface area contributed by atoms with Crippen LogP contribution in [0.4, 0.5) is 0 Å². The first kappa shape index (κ1) is 13.7. The van der Waals surface area contributed by atoms with E-state index in [-0.39, 0.29) is 5.75 Å². The Morgan fingerprint density at radius 3 is 2.95 bits per heavy atom. The lowest BCUT2D eigenvalue weighted by molar-refractivity contribution is -0.133. The zero-order valence-electron chi connectivity index (χ0n) is 11.3. The molecule has 1 N–H and O–H groups in total. The maximum atomic E-state index is 10.7. The number of thioether (sulfide) groups is 1. The monoisotopic (exact) mass is 303 g/mol. The van der Waals surface area contributed by atoms with Gasteiger partial charge in [-0.15, -0.1) is 10.2 Å². The number of aliphatic carboxylic acids is 1. The van der Waals surface area contributed by atoms with Crippen LogP contribution in [-0.4, -0.2) is 31.6 Å². The Balaban J connectivity index is 2.04. The van der Waals surface area contributed by atoms with Gasteiger partial charge in [0.05, 0.1) is 11.3 Å². The van der Waals surface area contributed by atoms with Crippen LogP contribution in [0.15, 0.2) is 40.1 Å². The Labute approximate surface area is 124 Å². The fourth-order valence-corrected chi connectivity index (χ4v) is 2.88. The molecule has 0 radical (unpaired) electrons. The van der Waals surface area contributed by atoms with Crippen LogP contribution >= 0.6 is 11.8 Å². The van der Waals surface area contributed by atoms with Crippen molar-refractivity contribution in [2.75, 3.05) is 5.75 Å². The summed E-state index contributed by atoms with van der Waals surface area (Å²) in [6, 6.07) is 7.71. The number of carboxylic acids is 1. The molecule has 0 saturated carbocycles. The number of carboxylic acid groups (broad SMARTS) is 1. The van der Waals surface area contributed by atoms with Gasteiger partial charge in [-0.2, -0.15) is 0 Å². The van der Waals surface area contributed by atoms with Crippen LogP contribution in [0.2, 0.25) is 0 Å². The quantitative estimate of drug-likeness (QED) is 0.730. The number of carbonyl (C=O) groups is 1. The Morgan fingerprint density at radius 2 is 2.19 bits per heavy atom. The Bertz CT molecular complexity index is 794. The maximum absolute atomic E-state index is 10.7. The molecule has 7 heteroatoms. The number of hydrogen-bond acceptors (Lipinski definition) is 5. The maximum Gasteiger partial charge on any atom is 0.313 e. The van der Waals surface area contributed by atoms with Gasteiger partial charge in [0, 0.05) is 11.9 Å². The number of hydrogen-bond donors (Lipinski definition) is 1. The zero-order chi connectivity index (χ0) is 14.8. The number of benzene rings is 1. The van der Waals surface area contributed by atoms with E-state index in [1.54, 1.807) is 6.26 Å². The summed E-state index contributed by atoms with van der Waals surface area (Å²) >= 11 is 1.16. The van der Waals surface area contributed by atoms with E-state index in [0.717, 1.165) is 28.3 Å². The van der Waals surface area contributed by atoms with Gasteiger partial charge in [-0.3, -0.25) is 4.79 Å². The summed E-state index contributed by atoms with van der Waals surface area (Å²) in [5.41, 5.74) is 1.65. The van der Waals surface area contributed by atoms with E-state index in [0.29, 0.717) is 17.5 Å². The minimum Gasteiger partial charge on any atom is -0.481 e. The van der Waals surface area contributed by atoms with E-state index in [1.807, 2.05) is 35.8 Å². The summed E-state index contributed by atoms with van der Waals surface area (Å²) in [7, 11) is 0. The van der Waals surface area contributed by atoms with Crippen LogP contribution in [0.25, 0.3) is 22.4 Å². The lowest BCUT2D eigenvalue weighted by Crippen LogP contribution is -2.03. The van der Waals surface area contributed by atoms with Crippen LogP contribution in [0, 0.1) is 0 Å². The summed E-state index contributed by atoms with van der Waals surface area (Å²) in [4.78, 5) is 10.7. The molecule has 0 spiro atoms. The Hall–Kier alpha value is -2.28. The van der Waals surface area contributed by atoms with E-state index in [9.17, 15) is 4.79 Å². The minimum atomic E-state index is -0.874. The van der Waals surface area contributed by atoms with Crippen LogP contribution in [0.3, 0.4) is 0 Å². The summed E-state index contributed by atoms with van der Waals surface area (Å²) in [5, 5.41) is 18.6. The highest BCUT2D eigenvalue weighted by Crippen LogP contribution is 2.31. The lowest BCUT2D eigenvalue weighted by Gasteiger charge is -2.05. The molecule has 6 nitrogen and oxygen atoms in total. The first-order valence-electron chi connectivity index (χ1n) is 6.45. The highest BCUT2D eigenvalue weighted by Gasteiger charge is 2.17. The summed E-state index contributed by atoms with van der Waals surface area (Å²) in [6.07, 6.45) is 1.66. The number of furan rings is 1. The molecule has 108 valence electrons. The van der Waals surface area contributed by atoms with E-state index >= 15 is 0 Å². The van der Waals surface area contributed by atoms with Crippen LogP contribution < -0.4 is 0 Å². The van der Waals surface area contributed by atoms with Crippen molar-refractivity contribution < 1.29 is 14.3 Å². The fraction of sp³-hybridized carbons (Fsp3) is 0.214. The third kappa shape index (κ3) is 2.52. The van der Waals surface area contributed by atoms with Crippen molar-refractivity contribution in [1.82, 2.24) is 14.8 Å². The molecule has 0 aliphatic rings. The molecule has 3 aromatic rings.